The van der Waals surface area contributed by atoms with E-state index in [1.54, 1.807) is 11.3 Å². The van der Waals surface area contributed by atoms with Crippen molar-refractivity contribution < 1.29 is 4.42 Å². The summed E-state index contributed by atoms with van der Waals surface area (Å²) in [5, 5.41) is 10.4. The molecule has 1 unspecified atom stereocenters. The van der Waals surface area contributed by atoms with Crippen molar-refractivity contribution in [2.75, 3.05) is 0 Å². The number of benzene rings is 1. The average molecular weight is 292 g/mol. The first-order valence-corrected chi connectivity index (χ1v) is 7.00. The van der Waals surface area contributed by atoms with Crippen LogP contribution in [0.3, 0.4) is 0 Å². The molecule has 0 aliphatic heterocycles. The fourth-order valence-corrected chi connectivity index (χ4v) is 2.49. The van der Waals surface area contributed by atoms with Gasteiger partial charge in [0, 0.05) is 5.38 Å². The van der Waals surface area contributed by atoms with E-state index in [0.29, 0.717) is 17.5 Å². The molecular weight excluding hydrogens is 282 g/mol. The van der Waals surface area contributed by atoms with Crippen LogP contribution in [0.15, 0.2) is 40.1 Å². The Labute approximate surface area is 119 Å². The second-order valence-electron chi connectivity index (χ2n) is 3.97. The maximum absolute atomic E-state index is 6.32. The highest BCUT2D eigenvalue weighted by Crippen LogP contribution is 2.29. The van der Waals surface area contributed by atoms with Crippen LogP contribution in [-0.2, 0) is 0 Å². The van der Waals surface area contributed by atoms with E-state index in [2.05, 4.69) is 15.2 Å². The third kappa shape index (κ3) is 2.52. The molecule has 0 spiro atoms. The highest BCUT2D eigenvalue weighted by Gasteiger charge is 2.19. The van der Waals surface area contributed by atoms with Gasteiger partial charge in [-0.25, -0.2) is 4.98 Å². The number of aromatic nitrogens is 3. The summed E-state index contributed by atoms with van der Waals surface area (Å²) in [6.07, 6.45) is 0. The third-order valence-electron chi connectivity index (χ3n) is 2.59. The maximum Gasteiger partial charge on any atom is 0.267 e. The summed E-state index contributed by atoms with van der Waals surface area (Å²) < 4.78 is 5.59. The summed E-state index contributed by atoms with van der Waals surface area (Å²) >= 11 is 7.86. The van der Waals surface area contributed by atoms with Gasteiger partial charge in [-0.3, -0.25) is 0 Å². The number of hydrogen-bond donors (Lipinski definition) is 0. The fraction of sp³-hybridized carbons (Fsp3) is 0.154. The van der Waals surface area contributed by atoms with E-state index in [-0.39, 0.29) is 0 Å². The molecule has 0 fully saturated rings. The van der Waals surface area contributed by atoms with Gasteiger partial charge in [0.2, 0.25) is 5.89 Å². The van der Waals surface area contributed by atoms with Gasteiger partial charge in [-0.1, -0.05) is 30.3 Å². The van der Waals surface area contributed by atoms with Crippen molar-refractivity contribution in [1.29, 1.82) is 0 Å². The van der Waals surface area contributed by atoms with Crippen LogP contribution in [0.4, 0.5) is 0 Å². The van der Waals surface area contributed by atoms with Gasteiger partial charge >= 0.3 is 0 Å². The minimum Gasteiger partial charge on any atom is -0.417 e. The number of halogens is 1. The topological polar surface area (TPSA) is 51.8 Å². The highest BCUT2D eigenvalue weighted by atomic mass is 35.5. The van der Waals surface area contributed by atoms with Gasteiger partial charge < -0.3 is 4.42 Å². The summed E-state index contributed by atoms with van der Waals surface area (Å²) in [5.41, 5.74) is 1.62. The van der Waals surface area contributed by atoms with Crippen LogP contribution < -0.4 is 0 Å². The zero-order valence-electron chi connectivity index (χ0n) is 10.1. The zero-order chi connectivity index (χ0) is 13.2. The smallest absolute Gasteiger partial charge is 0.267 e. The summed E-state index contributed by atoms with van der Waals surface area (Å²) in [4.78, 5) is 4.31. The first-order chi connectivity index (χ1) is 9.24. The largest absolute Gasteiger partial charge is 0.417 e. The van der Waals surface area contributed by atoms with Gasteiger partial charge in [-0.2, -0.15) is 0 Å². The summed E-state index contributed by atoms with van der Waals surface area (Å²) in [6, 6.07) is 9.63. The first-order valence-electron chi connectivity index (χ1n) is 5.69. The van der Waals surface area contributed by atoms with Crippen molar-refractivity contribution in [3.05, 3.63) is 52.2 Å². The van der Waals surface area contributed by atoms with Crippen LogP contribution in [0, 0.1) is 6.92 Å². The van der Waals surface area contributed by atoms with E-state index in [1.165, 1.54) is 0 Å². The molecule has 6 heteroatoms. The van der Waals surface area contributed by atoms with Crippen LogP contribution >= 0.6 is 22.9 Å². The minimum atomic E-state index is -0.442. The normalized spacial score (nSPS) is 12.5. The molecular formula is C13H10ClN3OS. The summed E-state index contributed by atoms with van der Waals surface area (Å²) in [5.74, 6) is 0.787. The van der Waals surface area contributed by atoms with Crippen LogP contribution in [0.2, 0.25) is 0 Å². The van der Waals surface area contributed by atoms with Crippen LogP contribution in [0.1, 0.15) is 21.8 Å². The number of hydrogen-bond acceptors (Lipinski definition) is 5. The lowest BCUT2D eigenvalue weighted by atomic mass is 10.1. The first kappa shape index (κ1) is 12.3. The monoisotopic (exact) mass is 291 g/mol. The molecule has 0 bridgehead atoms. The van der Waals surface area contributed by atoms with E-state index < -0.39 is 5.38 Å². The lowest BCUT2D eigenvalue weighted by Gasteiger charge is -2.03. The summed E-state index contributed by atoms with van der Waals surface area (Å²) in [7, 11) is 0. The molecule has 1 aromatic carbocycles. The molecule has 96 valence electrons. The van der Waals surface area contributed by atoms with Crippen LogP contribution in [0.5, 0.6) is 0 Å². The Kier molecular flexibility index (Phi) is 3.31. The van der Waals surface area contributed by atoms with Gasteiger partial charge in [0.05, 0.1) is 5.01 Å². The predicted octanol–water partition coefficient (Wildman–Crippen LogP) is 3.83. The Morgan fingerprint density at radius 2 is 2.00 bits per heavy atom. The van der Waals surface area contributed by atoms with Crippen molar-refractivity contribution in [2.24, 2.45) is 0 Å². The lowest BCUT2D eigenvalue weighted by Crippen LogP contribution is -1.92. The number of aryl methyl sites for hydroxylation is 1. The molecule has 0 aliphatic carbocycles. The van der Waals surface area contributed by atoms with E-state index in [9.17, 15) is 0 Å². The fourth-order valence-electron chi connectivity index (χ4n) is 1.67. The standard InChI is InChI=1S/C13H10ClN3OS/c1-8-15-10(7-19-8)12-16-17-13(18-12)11(14)9-5-3-2-4-6-9/h2-7,11H,1H3. The van der Waals surface area contributed by atoms with Crippen molar-refractivity contribution >= 4 is 22.9 Å². The lowest BCUT2D eigenvalue weighted by molar-refractivity contribution is 0.512. The molecule has 0 saturated carbocycles. The maximum atomic E-state index is 6.32. The van der Waals surface area contributed by atoms with Crippen LogP contribution in [0.25, 0.3) is 11.6 Å². The molecule has 0 aliphatic rings. The Morgan fingerprint density at radius 1 is 1.21 bits per heavy atom. The van der Waals surface area contributed by atoms with Crippen LogP contribution in [-0.4, -0.2) is 15.2 Å². The van der Waals surface area contributed by atoms with E-state index in [0.717, 1.165) is 10.6 Å². The van der Waals surface area contributed by atoms with Crippen molar-refractivity contribution in [2.45, 2.75) is 12.3 Å². The van der Waals surface area contributed by atoms with Gasteiger partial charge in [-0.15, -0.1) is 33.1 Å². The number of rotatable bonds is 3. The van der Waals surface area contributed by atoms with Crippen molar-refractivity contribution in [3.8, 4) is 11.6 Å². The molecule has 2 aromatic heterocycles. The molecule has 1 atom stereocenters. The minimum absolute atomic E-state index is 0.383. The van der Waals surface area contributed by atoms with Gasteiger partial charge in [0.1, 0.15) is 11.1 Å². The molecule has 0 radical (unpaired) electrons. The Morgan fingerprint density at radius 3 is 2.68 bits per heavy atom. The predicted molar refractivity (Wildman–Crippen MR) is 74.3 cm³/mol. The number of alkyl halides is 1. The molecule has 0 N–H and O–H groups in total. The van der Waals surface area contributed by atoms with Crippen molar-refractivity contribution in [3.63, 3.8) is 0 Å². The number of nitrogens with zero attached hydrogens (tertiary/aromatic N) is 3. The second kappa shape index (κ2) is 5.11. The molecule has 2 heterocycles. The molecule has 3 aromatic rings. The molecule has 0 amide bonds. The number of thiazole rings is 1. The Bertz CT molecular complexity index is 680. The van der Waals surface area contributed by atoms with Gasteiger partial charge in [-0.05, 0) is 12.5 Å². The Balaban J connectivity index is 1.89. The average Bonchev–Trinajstić information content (AvgIpc) is 3.07. The van der Waals surface area contributed by atoms with E-state index in [4.69, 9.17) is 16.0 Å². The van der Waals surface area contributed by atoms with Gasteiger partial charge in [0.25, 0.3) is 5.89 Å². The quantitative estimate of drug-likeness (QED) is 0.688. The highest BCUT2D eigenvalue weighted by molar-refractivity contribution is 7.09. The SMILES string of the molecule is Cc1nc(-c2nnc(C(Cl)c3ccccc3)o2)cs1. The molecule has 3 rings (SSSR count). The van der Waals surface area contributed by atoms with E-state index in [1.807, 2.05) is 42.6 Å². The van der Waals surface area contributed by atoms with E-state index >= 15 is 0 Å². The molecule has 19 heavy (non-hydrogen) atoms. The van der Waals surface area contributed by atoms with Gasteiger partial charge in [0.15, 0.2) is 0 Å². The Hall–Kier alpha value is -1.72. The van der Waals surface area contributed by atoms with Crippen molar-refractivity contribution in [1.82, 2.24) is 15.2 Å². The zero-order valence-corrected chi connectivity index (χ0v) is 11.6. The summed E-state index contributed by atoms with van der Waals surface area (Å²) in [6.45, 7) is 1.93. The molecule has 0 saturated heterocycles. The molecule has 4 nitrogen and oxygen atoms in total. The third-order valence-corrected chi connectivity index (χ3v) is 3.80. The second-order valence-corrected chi connectivity index (χ2v) is 5.47.